The number of nitriles is 2. The average Bonchev–Trinajstić information content (AvgIpc) is 3.87. The second-order valence-electron chi connectivity index (χ2n) is 16.7. The Morgan fingerprint density at radius 2 is 1.60 bits per heavy atom. The molecule has 60 heavy (non-hydrogen) atoms. The van der Waals surface area contributed by atoms with Gasteiger partial charge in [-0.25, -0.2) is 18.5 Å². The van der Waals surface area contributed by atoms with E-state index in [2.05, 4.69) is 23.1 Å². The third-order valence-corrected chi connectivity index (χ3v) is 12.3. The van der Waals surface area contributed by atoms with Crippen LogP contribution in [0.3, 0.4) is 0 Å². The first kappa shape index (κ1) is 47.5. The molecule has 0 saturated carbocycles. The summed E-state index contributed by atoms with van der Waals surface area (Å²) < 4.78 is 64.9. The van der Waals surface area contributed by atoms with Gasteiger partial charge in [-0.05, 0) is 56.2 Å². The Morgan fingerprint density at radius 1 is 0.967 bits per heavy atom. The van der Waals surface area contributed by atoms with Crippen LogP contribution in [0.4, 0.5) is 10.2 Å². The molecule has 330 valence electrons. The van der Waals surface area contributed by atoms with Crippen molar-refractivity contribution in [3.05, 3.63) is 59.3 Å². The summed E-state index contributed by atoms with van der Waals surface area (Å²) in [5.41, 5.74) is 4.21. The number of rotatable bonds is 28. The topological polar surface area (TPSA) is 196 Å². The maximum Gasteiger partial charge on any atom is 0.472 e. The molecule has 2 fully saturated rings. The Morgan fingerprint density at radius 3 is 2.22 bits per heavy atom. The van der Waals surface area contributed by atoms with Crippen molar-refractivity contribution in [3.63, 3.8) is 0 Å². The smallest absolute Gasteiger partial charge is 0.382 e. The van der Waals surface area contributed by atoms with Crippen LogP contribution in [-0.4, -0.2) is 62.9 Å². The van der Waals surface area contributed by atoms with Crippen LogP contribution in [0.25, 0.3) is 5.52 Å². The Hall–Kier alpha value is -3.50. The zero-order chi connectivity index (χ0) is 43.1. The van der Waals surface area contributed by atoms with Gasteiger partial charge >= 0.3 is 7.82 Å². The van der Waals surface area contributed by atoms with Crippen LogP contribution in [0.1, 0.15) is 153 Å². The first-order valence-electron chi connectivity index (χ1n) is 21.8. The van der Waals surface area contributed by atoms with E-state index in [1.807, 2.05) is 6.07 Å². The maximum absolute atomic E-state index is 14.2. The number of halogens is 1. The van der Waals surface area contributed by atoms with Crippen LogP contribution in [0, 0.1) is 28.5 Å². The molecule has 2 saturated heterocycles. The molecule has 14 nitrogen and oxygen atoms in total. The van der Waals surface area contributed by atoms with E-state index in [0.29, 0.717) is 23.2 Å². The number of ether oxygens (including phenoxy) is 4. The molecule has 0 amide bonds. The van der Waals surface area contributed by atoms with Gasteiger partial charge in [-0.1, -0.05) is 116 Å². The summed E-state index contributed by atoms with van der Waals surface area (Å²) in [6.07, 6.45) is 21.2. The minimum absolute atomic E-state index is 0.0281. The molecule has 3 aromatic rings. The number of aromatic nitrogens is 3. The molecule has 5 atom stereocenters. The minimum Gasteiger partial charge on any atom is -0.382 e. The summed E-state index contributed by atoms with van der Waals surface area (Å²) >= 11 is 0. The molecule has 2 aromatic heterocycles. The fourth-order valence-electron chi connectivity index (χ4n) is 8.30. The highest BCUT2D eigenvalue weighted by Gasteiger charge is 2.70. The fraction of sp³-hybridized carbons (Fsp3) is 0.682. The predicted octanol–water partition coefficient (Wildman–Crippen LogP) is 9.72. The lowest BCUT2D eigenvalue weighted by Crippen LogP contribution is -2.49. The summed E-state index contributed by atoms with van der Waals surface area (Å²) in [6, 6.07) is 11.5. The summed E-state index contributed by atoms with van der Waals surface area (Å²) in [7, 11) is -4.74. The maximum atomic E-state index is 14.2. The quantitative estimate of drug-likeness (QED) is 0.0518. The average molecular weight is 855 g/mol. The number of hydrogen-bond donors (Lipinski definition) is 2. The van der Waals surface area contributed by atoms with E-state index in [4.69, 9.17) is 33.7 Å². The predicted molar refractivity (Wildman–Crippen MR) is 224 cm³/mol. The van der Waals surface area contributed by atoms with Gasteiger partial charge in [-0.15, -0.1) is 0 Å². The van der Waals surface area contributed by atoms with Crippen molar-refractivity contribution in [2.24, 2.45) is 0 Å². The van der Waals surface area contributed by atoms with E-state index in [1.54, 1.807) is 32.0 Å². The summed E-state index contributed by atoms with van der Waals surface area (Å²) in [4.78, 5) is 15.0. The molecule has 2 aliphatic heterocycles. The summed E-state index contributed by atoms with van der Waals surface area (Å²) in [6.45, 7) is 4.55. The van der Waals surface area contributed by atoms with Gasteiger partial charge in [-0.3, -0.25) is 9.05 Å². The Balaban J connectivity index is 1.11. The van der Waals surface area contributed by atoms with E-state index < -0.39 is 49.4 Å². The van der Waals surface area contributed by atoms with Crippen molar-refractivity contribution < 1.29 is 41.8 Å². The molecule has 0 aliphatic carbocycles. The van der Waals surface area contributed by atoms with Gasteiger partial charge in [-0.2, -0.15) is 15.6 Å². The molecule has 0 bridgehead atoms. The molecular weight excluding hydrogens is 790 g/mol. The first-order valence-corrected chi connectivity index (χ1v) is 23.3. The molecule has 5 rings (SSSR count). The monoisotopic (exact) mass is 854 g/mol. The van der Waals surface area contributed by atoms with Crippen LogP contribution < -0.4 is 5.73 Å². The Kier molecular flexibility index (Phi) is 17.9. The van der Waals surface area contributed by atoms with E-state index in [1.165, 1.54) is 100 Å². The first-order chi connectivity index (χ1) is 28.9. The van der Waals surface area contributed by atoms with Gasteiger partial charge in [0.25, 0.3) is 0 Å². The van der Waals surface area contributed by atoms with E-state index >= 15 is 0 Å². The van der Waals surface area contributed by atoms with E-state index in [9.17, 15) is 24.4 Å². The van der Waals surface area contributed by atoms with Crippen LogP contribution in [0.5, 0.6) is 0 Å². The van der Waals surface area contributed by atoms with Gasteiger partial charge in [0.2, 0.25) is 5.60 Å². The number of nitrogens with zero attached hydrogens (tertiary/aromatic N) is 5. The van der Waals surface area contributed by atoms with Crippen LogP contribution in [0.2, 0.25) is 0 Å². The van der Waals surface area contributed by atoms with Crippen molar-refractivity contribution >= 4 is 19.2 Å². The van der Waals surface area contributed by atoms with Crippen molar-refractivity contribution in [2.75, 3.05) is 25.6 Å². The zero-order valence-electron chi connectivity index (χ0n) is 35.6. The van der Waals surface area contributed by atoms with Crippen LogP contribution in [0.15, 0.2) is 36.7 Å². The second-order valence-corrected chi connectivity index (χ2v) is 18.2. The fourth-order valence-corrected chi connectivity index (χ4v) is 9.11. The molecule has 1 unspecified atom stereocenters. The number of nitrogens with two attached hydrogens (primary N) is 1. The minimum atomic E-state index is -4.74. The number of hydrogen-bond acceptors (Lipinski definition) is 12. The molecule has 1 aromatic carbocycles. The Labute approximate surface area is 354 Å². The van der Waals surface area contributed by atoms with E-state index in [0.717, 1.165) is 31.7 Å². The van der Waals surface area contributed by atoms with Crippen molar-refractivity contribution in [1.82, 2.24) is 14.6 Å². The van der Waals surface area contributed by atoms with Gasteiger partial charge in [0.05, 0.1) is 49.9 Å². The highest BCUT2D eigenvalue weighted by molar-refractivity contribution is 7.47. The second kappa shape index (κ2) is 22.6. The number of phosphoric acid groups is 1. The van der Waals surface area contributed by atoms with Crippen molar-refractivity contribution in [3.8, 4) is 12.1 Å². The SMILES string of the molecule is CCCCCCCCCCCCCCCCCCC[C@H](COP(=O)(O)OC[C@@]12CO[C@@](C#N)(c3ccc4c(N)ncnn34)[C@@H]1OC(C)(C)O2)OCc1cc(F)cc(C#N)c1. The number of anilines is 1. The molecule has 2 aliphatic rings. The molecular formula is C44H64FN6O8P. The number of benzene rings is 1. The third kappa shape index (κ3) is 13.0. The standard InChI is InChI=1S/C44H64FN6O8P/c1-4-5-6-7-8-9-10-11-12-13-14-15-16-17-18-19-20-21-37(54-28-35-24-34(27-46)25-36(45)26-35)29-56-60(52,53)57-32-43-31-55-44(30-47,41(43)58-42(2,3)59-43)39-23-22-38-40(48)49-33-50-51(38)39/h22-26,33,37,41H,4-21,28-29,31-32H2,1-3H3,(H,52,53)(H2,48,49,50)/t37-,41-,43+,44+/m1/s1. The van der Waals surface area contributed by atoms with Gasteiger partial charge in [0, 0.05) is 0 Å². The lowest BCUT2D eigenvalue weighted by molar-refractivity contribution is -0.203. The molecule has 3 N–H and O–H groups in total. The lowest BCUT2D eigenvalue weighted by atomic mass is 9.86. The Bertz CT molecular complexity index is 1950. The zero-order valence-corrected chi connectivity index (χ0v) is 36.5. The molecule has 0 spiro atoms. The van der Waals surface area contributed by atoms with Crippen LogP contribution in [-0.2, 0) is 44.8 Å². The van der Waals surface area contributed by atoms with Crippen molar-refractivity contribution in [2.45, 2.75) is 172 Å². The largest absolute Gasteiger partial charge is 0.472 e. The van der Waals surface area contributed by atoms with Gasteiger partial charge in [0.1, 0.15) is 35.4 Å². The van der Waals surface area contributed by atoms with Gasteiger partial charge < -0.3 is 29.6 Å². The van der Waals surface area contributed by atoms with E-state index in [-0.39, 0.29) is 31.2 Å². The highest BCUT2D eigenvalue weighted by Crippen LogP contribution is 2.54. The normalized spacial score (nSPS) is 22.4. The van der Waals surface area contributed by atoms with Crippen molar-refractivity contribution in [1.29, 1.82) is 10.5 Å². The molecule has 16 heteroatoms. The van der Waals surface area contributed by atoms with Crippen LogP contribution >= 0.6 is 7.82 Å². The third-order valence-electron chi connectivity index (χ3n) is 11.4. The highest BCUT2D eigenvalue weighted by atomic mass is 31.2. The number of unbranched alkanes of at least 4 members (excludes halogenated alkanes) is 16. The molecule has 0 radical (unpaired) electrons. The number of fused-ring (bicyclic) bond motifs is 2. The number of phosphoric ester groups is 1. The number of nitrogen functional groups attached to an aromatic ring is 1. The summed E-state index contributed by atoms with van der Waals surface area (Å²) in [5.74, 6) is -1.57. The van der Waals surface area contributed by atoms with Gasteiger partial charge in [0.15, 0.2) is 11.6 Å². The molecule has 4 heterocycles. The lowest BCUT2D eigenvalue weighted by Gasteiger charge is -2.29. The summed E-state index contributed by atoms with van der Waals surface area (Å²) in [5, 5.41) is 24.2.